The number of fused-ring (bicyclic) bond motifs is 1. The van der Waals surface area contributed by atoms with E-state index in [2.05, 4.69) is 41.1 Å². The first-order valence-corrected chi connectivity index (χ1v) is 12.7. The molecule has 2 aromatic rings. The molecule has 0 radical (unpaired) electrons. The molecular formula is C29H39N3O2. The lowest BCUT2D eigenvalue weighted by Crippen LogP contribution is -2.35. The summed E-state index contributed by atoms with van der Waals surface area (Å²) in [6, 6.07) is 16.4. The molecule has 2 amide bonds. The SMILES string of the molecule is Cc1cccc(C)c1C(=O)N1CC2CN(CC[C@H](NC(=O)CC(C)C)c3ccccc3)CC2C1. The van der Waals surface area contributed by atoms with Crippen LogP contribution in [0, 0.1) is 31.6 Å². The average Bonchev–Trinajstić information content (AvgIpc) is 3.35. The lowest BCUT2D eigenvalue weighted by atomic mass is 10.0. The first kappa shape index (κ1) is 24.5. The minimum Gasteiger partial charge on any atom is -0.349 e. The molecule has 3 atom stereocenters. The molecule has 2 fully saturated rings. The fourth-order valence-corrected chi connectivity index (χ4v) is 5.69. The quantitative estimate of drug-likeness (QED) is 0.625. The molecule has 0 aromatic heterocycles. The van der Waals surface area contributed by atoms with Crippen molar-refractivity contribution in [3.8, 4) is 0 Å². The molecule has 34 heavy (non-hydrogen) atoms. The minimum atomic E-state index is 0.0370. The Labute approximate surface area is 204 Å². The van der Waals surface area contributed by atoms with E-state index in [4.69, 9.17) is 0 Å². The highest BCUT2D eigenvalue weighted by atomic mass is 16.2. The molecule has 182 valence electrons. The van der Waals surface area contributed by atoms with Crippen molar-refractivity contribution >= 4 is 11.8 Å². The number of benzene rings is 2. The summed E-state index contributed by atoms with van der Waals surface area (Å²) in [5, 5.41) is 3.27. The number of likely N-dealkylation sites (tertiary alicyclic amines) is 2. The number of nitrogens with zero attached hydrogens (tertiary/aromatic N) is 2. The summed E-state index contributed by atoms with van der Waals surface area (Å²) in [7, 11) is 0. The van der Waals surface area contributed by atoms with Gasteiger partial charge in [-0.2, -0.15) is 0 Å². The zero-order valence-electron chi connectivity index (χ0n) is 21.1. The molecule has 2 unspecified atom stereocenters. The molecule has 2 aliphatic rings. The molecule has 2 aromatic carbocycles. The predicted molar refractivity (Wildman–Crippen MR) is 137 cm³/mol. The van der Waals surface area contributed by atoms with E-state index in [0.29, 0.717) is 24.2 Å². The van der Waals surface area contributed by atoms with Gasteiger partial charge in [0.05, 0.1) is 6.04 Å². The van der Waals surface area contributed by atoms with Gasteiger partial charge in [0.25, 0.3) is 5.91 Å². The average molecular weight is 462 g/mol. The Morgan fingerprint density at radius 3 is 2.12 bits per heavy atom. The molecule has 5 heteroatoms. The van der Waals surface area contributed by atoms with E-state index in [1.165, 1.54) is 5.56 Å². The van der Waals surface area contributed by atoms with E-state index in [-0.39, 0.29) is 17.9 Å². The van der Waals surface area contributed by atoms with E-state index in [9.17, 15) is 9.59 Å². The Kier molecular flexibility index (Phi) is 7.72. The molecule has 2 saturated heterocycles. The number of carbonyl (C=O) groups is 2. The maximum Gasteiger partial charge on any atom is 0.254 e. The number of hydrogen-bond donors (Lipinski definition) is 1. The number of hydrogen-bond acceptors (Lipinski definition) is 3. The zero-order valence-corrected chi connectivity index (χ0v) is 21.1. The third kappa shape index (κ3) is 5.69. The Morgan fingerprint density at radius 2 is 1.53 bits per heavy atom. The second kappa shape index (κ2) is 10.7. The van der Waals surface area contributed by atoms with Crippen LogP contribution >= 0.6 is 0 Å². The van der Waals surface area contributed by atoms with Gasteiger partial charge in [-0.3, -0.25) is 9.59 Å². The Hall–Kier alpha value is -2.66. The topological polar surface area (TPSA) is 52.7 Å². The fourth-order valence-electron chi connectivity index (χ4n) is 5.69. The predicted octanol–water partition coefficient (Wildman–Crippen LogP) is 4.60. The summed E-state index contributed by atoms with van der Waals surface area (Å²) in [6.45, 7) is 12.9. The largest absolute Gasteiger partial charge is 0.349 e. The van der Waals surface area contributed by atoms with Gasteiger partial charge in [-0.05, 0) is 54.7 Å². The number of aryl methyl sites for hydroxylation is 2. The lowest BCUT2D eigenvalue weighted by Gasteiger charge is -2.25. The summed E-state index contributed by atoms with van der Waals surface area (Å²) in [6.07, 6.45) is 1.46. The molecule has 4 rings (SSSR count). The van der Waals surface area contributed by atoms with Gasteiger partial charge in [0, 0.05) is 44.7 Å². The van der Waals surface area contributed by atoms with Crippen molar-refractivity contribution in [3.05, 3.63) is 70.8 Å². The van der Waals surface area contributed by atoms with Crippen LogP contribution in [0.5, 0.6) is 0 Å². The first-order chi connectivity index (χ1) is 16.3. The van der Waals surface area contributed by atoms with Crippen LogP contribution < -0.4 is 5.32 Å². The number of rotatable bonds is 8. The summed E-state index contributed by atoms with van der Waals surface area (Å²) in [4.78, 5) is 30.3. The molecule has 5 nitrogen and oxygen atoms in total. The maximum absolute atomic E-state index is 13.2. The highest BCUT2D eigenvalue weighted by Crippen LogP contribution is 2.33. The molecule has 2 aliphatic heterocycles. The van der Waals surface area contributed by atoms with Gasteiger partial charge in [0.2, 0.25) is 5.91 Å². The van der Waals surface area contributed by atoms with E-state index in [1.807, 2.05) is 50.2 Å². The van der Waals surface area contributed by atoms with Crippen LogP contribution in [0.4, 0.5) is 0 Å². The summed E-state index contributed by atoms with van der Waals surface area (Å²) in [5.74, 6) is 1.75. The molecule has 1 N–H and O–H groups in total. The standard InChI is InChI=1S/C29H39N3O2/c1-20(2)15-27(33)30-26(23-11-6-5-7-12-23)13-14-31-16-24-18-32(19-25(24)17-31)29(34)28-21(3)9-8-10-22(28)4/h5-12,20,24-26H,13-19H2,1-4H3,(H,30,33)/t24?,25?,26-/m0/s1. The van der Waals surface area contributed by atoms with Gasteiger partial charge in [-0.1, -0.05) is 62.4 Å². The van der Waals surface area contributed by atoms with Crippen LogP contribution in [0.2, 0.25) is 0 Å². The van der Waals surface area contributed by atoms with Gasteiger partial charge in [-0.25, -0.2) is 0 Å². The van der Waals surface area contributed by atoms with Crippen molar-refractivity contribution in [3.63, 3.8) is 0 Å². The van der Waals surface area contributed by atoms with Crippen molar-refractivity contribution in [2.24, 2.45) is 17.8 Å². The second-order valence-corrected chi connectivity index (χ2v) is 10.7. The number of carbonyl (C=O) groups excluding carboxylic acids is 2. The number of amides is 2. The van der Waals surface area contributed by atoms with Crippen LogP contribution in [0.25, 0.3) is 0 Å². The van der Waals surface area contributed by atoms with Gasteiger partial charge in [0.1, 0.15) is 0 Å². The molecule has 2 heterocycles. The second-order valence-electron chi connectivity index (χ2n) is 10.7. The van der Waals surface area contributed by atoms with Gasteiger partial charge in [0.15, 0.2) is 0 Å². The van der Waals surface area contributed by atoms with Crippen molar-refractivity contribution in [2.75, 3.05) is 32.7 Å². The Balaban J connectivity index is 1.33. The summed E-state index contributed by atoms with van der Waals surface area (Å²) in [5.41, 5.74) is 4.18. The van der Waals surface area contributed by atoms with Crippen molar-refractivity contribution in [1.82, 2.24) is 15.1 Å². The fraction of sp³-hybridized carbons (Fsp3) is 0.517. The van der Waals surface area contributed by atoms with Crippen molar-refractivity contribution < 1.29 is 9.59 Å². The molecular weight excluding hydrogens is 422 g/mol. The van der Waals surface area contributed by atoms with E-state index < -0.39 is 0 Å². The first-order valence-electron chi connectivity index (χ1n) is 12.7. The Morgan fingerprint density at radius 1 is 0.912 bits per heavy atom. The minimum absolute atomic E-state index is 0.0370. The third-order valence-corrected chi connectivity index (χ3v) is 7.41. The Bertz CT molecular complexity index is 969. The smallest absolute Gasteiger partial charge is 0.254 e. The highest BCUT2D eigenvalue weighted by Gasteiger charge is 2.42. The van der Waals surface area contributed by atoms with Crippen LogP contribution in [0.1, 0.15) is 59.8 Å². The zero-order chi connectivity index (χ0) is 24.2. The van der Waals surface area contributed by atoms with Crippen molar-refractivity contribution in [1.29, 1.82) is 0 Å². The van der Waals surface area contributed by atoms with Crippen LogP contribution in [0.15, 0.2) is 48.5 Å². The molecule has 0 saturated carbocycles. The van der Waals surface area contributed by atoms with Crippen LogP contribution in [-0.2, 0) is 4.79 Å². The maximum atomic E-state index is 13.2. The van der Waals surface area contributed by atoms with E-state index >= 15 is 0 Å². The van der Waals surface area contributed by atoms with Gasteiger partial charge < -0.3 is 15.1 Å². The lowest BCUT2D eigenvalue weighted by molar-refractivity contribution is -0.122. The molecule has 0 aliphatic carbocycles. The molecule has 0 bridgehead atoms. The summed E-state index contributed by atoms with van der Waals surface area (Å²) < 4.78 is 0. The normalized spacial score (nSPS) is 21.0. The van der Waals surface area contributed by atoms with Crippen LogP contribution in [0.3, 0.4) is 0 Å². The van der Waals surface area contributed by atoms with E-state index in [1.54, 1.807) is 0 Å². The molecule has 0 spiro atoms. The van der Waals surface area contributed by atoms with Gasteiger partial charge >= 0.3 is 0 Å². The third-order valence-electron chi connectivity index (χ3n) is 7.41. The highest BCUT2D eigenvalue weighted by molar-refractivity contribution is 5.97. The van der Waals surface area contributed by atoms with Crippen molar-refractivity contribution in [2.45, 2.75) is 46.6 Å². The van der Waals surface area contributed by atoms with Crippen LogP contribution in [-0.4, -0.2) is 54.3 Å². The van der Waals surface area contributed by atoms with E-state index in [0.717, 1.165) is 55.8 Å². The monoisotopic (exact) mass is 461 g/mol. The summed E-state index contributed by atoms with van der Waals surface area (Å²) >= 11 is 0. The number of nitrogens with one attached hydrogen (secondary N) is 1. The van der Waals surface area contributed by atoms with Gasteiger partial charge in [-0.15, -0.1) is 0 Å².